The van der Waals surface area contributed by atoms with Gasteiger partial charge in [-0.3, -0.25) is 0 Å². The van der Waals surface area contributed by atoms with Gasteiger partial charge in [0.1, 0.15) is 0 Å². The summed E-state index contributed by atoms with van der Waals surface area (Å²) in [4.78, 5) is 10.6. The highest BCUT2D eigenvalue weighted by Gasteiger charge is 1.94. The van der Waals surface area contributed by atoms with E-state index in [0.29, 0.717) is 0 Å². The molecule has 0 aliphatic rings. The zero-order chi connectivity index (χ0) is 6.69. The first-order valence-corrected chi connectivity index (χ1v) is 2.06. The molecule has 0 bridgehead atoms. The Bertz CT molecular complexity index is 193. The number of hydrogen-bond acceptors (Lipinski definition) is 4. The lowest BCUT2D eigenvalue weighted by atomic mass is 11.0. The Morgan fingerprint density at radius 2 is 2.56 bits per heavy atom. The van der Waals surface area contributed by atoms with E-state index in [2.05, 4.69) is 10.3 Å². The second kappa shape index (κ2) is 2.07. The van der Waals surface area contributed by atoms with Crippen LogP contribution in [0.2, 0.25) is 0 Å². The van der Waals surface area contributed by atoms with Gasteiger partial charge >= 0.3 is 0 Å². The van der Waals surface area contributed by atoms with E-state index in [0.717, 1.165) is 4.79 Å². The van der Waals surface area contributed by atoms with Crippen LogP contribution in [0.15, 0.2) is 12.4 Å². The van der Waals surface area contributed by atoms with E-state index in [9.17, 15) is 10.1 Å². The van der Waals surface area contributed by atoms with E-state index in [1.54, 1.807) is 5.53 Å². The van der Waals surface area contributed by atoms with Gasteiger partial charge in [-0.1, -0.05) is 0 Å². The van der Waals surface area contributed by atoms with Gasteiger partial charge < -0.3 is 10.1 Å². The van der Waals surface area contributed by atoms with Crippen molar-refractivity contribution in [2.75, 3.05) is 5.53 Å². The van der Waals surface area contributed by atoms with Crippen LogP contribution in [0.4, 0.5) is 0 Å². The van der Waals surface area contributed by atoms with E-state index in [4.69, 9.17) is 0 Å². The molecule has 1 N–H and O–H groups in total. The molecule has 0 aliphatic carbocycles. The van der Waals surface area contributed by atoms with Gasteiger partial charge in [0, 0.05) is 0 Å². The molecule has 0 saturated heterocycles. The van der Waals surface area contributed by atoms with Crippen molar-refractivity contribution in [3.05, 3.63) is 22.5 Å². The first-order valence-electron chi connectivity index (χ1n) is 2.06. The van der Waals surface area contributed by atoms with E-state index in [1.807, 2.05) is 0 Å². The maximum Gasteiger partial charge on any atom is 0.165 e. The third-order valence-corrected chi connectivity index (χ3v) is 0.607. The van der Waals surface area contributed by atoms with Crippen LogP contribution in [-0.2, 0) is 0 Å². The Morgan fingerprint density at radius 3 is 3.00 bits per heavy atom. The molecule has 9 heavy (non-hydrogen) atoms. The molecule has 7 nitrogen and oxygen atoms in total. The number of nitrogens with one attached hydrogen (secondary N) is 1. The Hall–Kier alpha value is -1.66. The Morgan fingerprint density at radius 1 is 1.78 bits per heavy atom. The fraction of sp³-hybridized carbons (Fsp3) is 0. The second-order valence-corrected chi connectivity index (χ2v) is 1.20. The smallest absolute Gasteiger partial charge is 0.165 e. The summed E-state index contributed by atoms with van der Waals surface area (Å²) in [6.07, 6.45) is 2.65. The molecule has 7 heteroatoms. The summed E-state index contributed by atoms with van der Waals surface area (Å²) in [6.45, 7) is 0. The average Bonchev–Trinajstić information content (AvgIpc) is 2.15. The molecule has 1 aromatic heterocycles. The average molecular weight is 129 g/mol. The summed E-state index contributed by atoms with van der Waals surface area (Å²) >= 11 is 0. The largest absolute Gasteiger partial charge is 0.339 e. The van der Waals surface area contributed by atoms with Gasteiger partial charge in [0.25, 0.3) is 0 Å². The van der Waals surface area contributed by atoms with Crippen molar-refractivity contribution in [1.82, 2.24) is 15.1 Å². The van der Waals surface area contributed by atoms with E-state index >= 15 is 0 Å². The van der Waals surface area contributed by atoms with Gasteiger partial charge in [-0.05, 0) is 10.3 Å². The normalized spacial score (nSPS) is 8.89. The van der Waals surface area contributed by atoms with Crippen LogP contribution in [0.3, 0.4) is 0 Å². The van der Waals surface area contributed by atoms with Crippen LogP contribution in [0.25, 0.3) is 0 Å². The number of hydrogen-bond donors (Lipinski definition) is 1. The Balaban J connectivity index is 2.58. The summed E-state index contributed by atoms with van der Waals surface area (Å²) in [7, 11) is 0. The number of hydrazine groups is 1. The molecule has 0 aliphatic heterocycles. The van der Waals surface area contributed by atoms with Crippen LogP contribution < -0.4 is 5.53 Å². The highest BCUT2D eigenvalue weighted by molar-refractivity contribution is 4.64. The molecule has 1 heterocycles. The van der Waals surface area contributed by atoms with Crippen molar-refractivity contribution < 1.29 is 5.03 Å². The lowest BCUT2D eigenvalue weighted by molar-refractivity contribution is -0.463. The summed E-state index contributed by atoms with van der Waals surface area (Å²) in [5, 5.41) is 15.5. The Labute approximate surface area is 49.4 Å². The first-order chi connectivity index (χ1) is 4.29. The fourth-order valence-corrected chi connectivity index (χ4v) is 0.345. The molecule has 48 valence electrons. The molecule has 0 aromatic carbocycles. The highest BCUT2D eigenvalue weighted by Crippen LogP contribution is 1.71. The van der Waals surface area contributed by atoms with E-state index in [-0.39, 0.29) is 0 Å². The predicted molar refractivity (Wildman–Crippen MR) is 26.4 cm³/mol. The van der Waals surface area contributed by atoms with Crippen LogP contribution in [-0.4, -0.2) is 20.1 Å². The Kier molecular flexibility index (Phi) is 1.26. The number of nitro groups is 1. The zero-order valence-corrected chi connectivity index (χ0v) is 4.26. The minimum atomic E-state index is -0.728. The standard InChI is InChI=1S/C2H3N5O2/c8-7(9)5-6-2-1-3-4-6/h1-2,5H. The monoisotopic (exact) mass is 129 g/mol. The first kappa shape index (κ1) is 5.48. The van der Waals surface area contributed by atoms with Crippen LogP contribution >= 0.6 is 0 Å². The second-order valence-electron chi connectivity index (χ2n) is 1.20. The summed E-state index contributed by atoms with van der Waals surface area (Å²) in [6, 6.07) is 0. The van der Waals surface area contributed by atoms with Crippen molar-refractivity contribution in [2.45, 2.75) is 0 Å². The van der Waals surface area contributed by atoms with Crippen LogP contribution in [0.5, 0.6) is 0 Å². The van der Waals surface area contributed by atoms with Gasteiger partial charge in [0.15, 0.2) is 6.20 Å². The van der Waals surface area contributed by atoms with Crippen molar-refractivity contribution in [3.63, 3.8) is 0 Å². The summed E-state index contributed by atoms with van der Waals surface area (Å²) in [5.41, 5.74) is 1.75. The topological polar surface area (TPSA) is 85.9 Å². The SMILES string of the molecule is O=[N+]([O-])Nn1ccnn1. The molecule has 0 atom stereocenters. The molecule has 0 saturated carbocycles. The quantitative estimate of drug-likeness (QED) is 0.409. The molecule has 0 spiro atoms. The molecule has 1 rings (SSSR count). The van der Waals surface area contributed by atoms with Crippen molar-refractivity contribution in [2.24, 2.45) is 0 Å². The summed E-state index contributed by atoms with van der Waals surface area (Å²) in [5.74, 6) is 0. The van der Waals surface area contributed by atoms with Crippen LogP contribution in [0.1, 0.15) is 0 Å². The van der Waals surface area contributed by atoms with Gasteiger partial charge in [-0.2, -0.15) is 0 Å². The van der Waals surface area contributed by atoms with E-state index < -0.39 is 5.03 Å². The van der Waals surface area contributed by atoms with Gasteiger partial charge in [-0.15, -0.1) is 5.10 Å². The summed E-state index contributed by atoms with van der Waals surface area (Å²) < 4.78 is 0. The number of nitrogens with zero attached hydrogens (tertiary/aromatic N) is 4. The maximum atomic E-state index is 9.67. The molecule has 0 fully saturated rings. The van der Waals surface area contributed by atoms with Gasteiger partial charge in [0.2, 0.25) is 0 Å². The minimum absolute atomic E-state index is 0.728. The molecular formula is C2H3N5O2. The number of aromatic nitrogens is 3. The van der Waals surface area contributed by atoms with Gasteiger partial charge in [0.05, 0.1) is 16.4 Å². The zero-order valence-electron chi connectivity index (χ0n) is 4.26. The van der Waals surface area contributed by atoms with Crippen molar-refractivity contribution in [3.8, 4) is 0 Å². The molecule has 0 unspecified atom stereocenters. The molecule has 0 radical (unpaired) electrons. The van der Waals surface area contributed by atoms with Crippen LogP contribution in [0, 0.1) is 10.1 Å². The number of rotatable bonds is 2. The molecule has 0 amide bonds. The maximum absolute atomic E-state index is 9.67. The molecular weight excluding hydrogens is 126 g/mol. The predicted octanol–water partition coefficient (Wildman–Crippen LogP) is -0.987. The third-order valence-electron chi connectivity index (χ3n) is 0.607. The van der Waals surface area contributed by atoms with E-state index in [1.165, 1.54) is 12.4 Å². The lowest BCUT2D eigenvalue weighted by Gasteiger charge is -1.91. The fourth-order valence-electron chi connectivity index (χ4n) is 0.345. The third kappa shape index (κ3) is 1.37. The minimum Gasteiger partial charge on any atom is -0.339 e. The van der Waals surface area contributed by atoms with Crippen molar-refractivity contribution >= 4 is 0 Å². The molecule has 1 aromatic rings. The van der Waals surface area contributed by atoms with Gasteiger partial charge in [-0.25, -0.2) is 0 Å². The lowest BCUT2D eigenvalue weighted by Crippen LogP contribution is -2.21. The highest BCUT2D eigenvalue weighted by atomic mass is 16.7. The van der Waals surface area contributed by atoms with Crippen molar-refractivity contribution in [1.29, 1.82) is 0 Å².